The van der Waals surface area contributed by atoms with Gasteiger partial charge in [0.1, 0.15) is 0 Å². The molecule has 0 radical (unpaired) electrons. The number of rotatable bonds is 5. The van der Waals surface area contributed by atoms with Crippen molar-refractivity contribution < 1.29 is 0 Å². The zero-order chi connectivity index (χ0) is 13.1. The molecule has 98 valence electrons. The average molecular weight is 263 g/mol. The lowest BCUT2D eigenvalue weighted by atomic mass is 10.1. The Bertz CT molecular complexity index is 485. The van der Waals surface area contributed by atoms with Gasteiger partial charge < -0.3 is 5.32 Å². The minimum Gasteiger partial charge on any atom is -0.305 e. The fraction of sp³-hybridized carbons (Fsp3) is 0.500. The van der Waals surface area contributed by atoms with Crippen molar-refractivity contribution in [2.24, 2.45) is 7.05 Å². The summed E-state index contributed by atoms with van der Waals surface area (Å²) >= 11 is 1.80. The van der Waals surface area contributed by atoms with E-state index < -0.39 is 0 Å². The summed E-state index contributed by atoms with van der Waals surface area (Å²) in [5.41, 5.74) is 2.50. The lowest BCUT2D eigenvalue weighted by Crippen LogP contribution is -2.17. The van der Waals surface area contributed by atoms with Crippen molar-refractivity contribution in [3.63, 3.8) is 0 Å². The van der Waals surface area contributed by atoms with Gasteiger partial charge in [-0.3, -0.25) is 4.68 Å². The van der Waals surface area contributed by atoms with Crippen molar-refractivity contribution in [2.45, 2.75) is 39.3 Å². The predicted molar refractivity (Wildman–Crippen MR) is 76.9 cm³/mol. The largest absolute Gasteiger partial charge is 0.305 e. The Kier molecular flexibility index (Phi) is 4.19. The molecule has 18 heavy (non-hydrogen) atoms. The van der Waals surface area contributed by atoms with E-state index in [9.17, 15) is 0 Å². The summed E-state index contributed by atoms with van der Waals surface area (Å²) < 4.78 is 1.90. The molecule has 2 aromatic heterocycles. The molecule has 0 unspecified atom stereocenters. The molecule has 0 saturated heterocycles. The Morgan fingerprint density at radius 1 is 1.39 bits per heavy atom. The van der Waals surface area contributed by atoms with E-state index in [1.165, 1.54) is 16.1 Å². The second kappa shape index (κ2) is 5.67. The quantitative estimate of drug-likeness (QED) is 0.895. The van der Waals surface area contributed by atoms with Gasteiger partial charge >= 0.3 is 0 Å². The molecule has 0 aliphatic carbocycles. The lowest BCUT2D eigenvalue weighted by molar-refractivity contribution is 0.578. The van der Waals surface area contributed by atoms with E-state index >= 15 is 0 Å². The summed E-state index contributed by atoms with van der Waals surface area (Å²) in [7, 11) is 1.98. The molecule has 0 aliphatic heterocycles. The summed E-state index contributed by atoms with van der Waals surface area (Å²) in [6, 6.07) is 4.67. The molecule has 0 aliphatic rings. The van der Waals surface area contributed by atoms with Crippen LogP contribution in [-0.2, 0) is 13.6 Å². The van der Waals surface area contributed by atoms with Crippen molar-refractivity contribution in [3.05, 3.63) is 39.8 Å². The van der Waals surface area contributed by atoms with Gasteiger partial charge in [-0.25, -0.2) is 0 Å². The number of nitrogens with zero attached hydrogens (tertiary/aromatic N) is 2. The van der Waals surface area contributed by atoms with Crippen LogP contribution in [0.15, 0.2) is 23.7 Å². The lowest BCUT2D eigenvalue weighted by Gasteiger charge is -2.12. The first kappa shape index (κ1) is 13.3. The minimum absolute atomic E-state index is 0.394. The minimum atomic E-state index is 0.394. The zero-order valence-electron chi connectivity index (χ0n) is 11.5. The van der Waals surface area contributed by atoms with Gasteiger partial charge in [0.2, 0.25) is 0 Å². The molecule has 2 aromatic rings. The van der Waals surface area contributed by atoms with Crippen molar-refractivity contribution in [2.75, 3.05) is 0 Å². The molecule has 0 saturated carbocycles. The Morgan fingerprint density at radius 2 is 2.17 bits per heavy atom. The van der Waals surface area contributed by atoms with E-state index in [1.807, 2.05) is 11.7 Å². The van der Waals surface area contributed by atoms with Gasteiger partial charge in [0.05, 0.1) is 5.69 Å². The van der Waals surface area contributed by atoms with Crippen LogP contribution in [-0.4, -0.2) is 9.78 Å². The average Bonchev–Trinajstić information content (AvgIpc) is 2.94. The molecule has 0 spiro atoms. The van der Waals surface area contributed by atoms with Gasteiger partial charge in [-0.05, 0) is 24.3 Å². The van der Waals surface area contributed by atoms with Crippen molar-refractivity contribution in [1.29, 1.82) is 0 Å². The Hall–Kier alpha value is -1.13. The van der Waals surface area contributed by atoms with Crippen LogP contribution in [0.3, 0.4) is 0 Å². The van der Waals surface area contributed by atoms with Crippen LogP contribution in [0.5, 0.6) is 0 Å². The summed E-state index contributed by atoms with van der Waals surface area (Å²) in [6.45, 7) is 7.46. The number of thiophene rings is 1. The Labute approximate surface area is 113 Å². The molecule has 1 atom stereocenters. The standard InChI is InChI=1S/C14H21N3S/c1-10(2)14-12(9-17(4)16-14)8-15-11(3)13-6-5-7-18-13/h5-7,9-11,15H,8H2,1-4H3/t11-/m0/s1. The maximum Gasteiger partial charge on any atom is 0.0694 e. The molecular formula is C14H21N3S. The molecule has 0 fully saturated rings. The summed E-state index contributed by atoms with van der Waals surface area (Å²) in [5.74, 6) is 0.472. The maximum atomic E-state index is 4.53. The van der Waals surface area contributed by atoms with Gasteiger partial charge in [-0.15, -0.1) is 11.3 Å². The molecule has 2 rings (SSSR count). The fourth-order valence-corrected chi connectivity index (χ4v) is 2.84. The molecule has 4 heteroatoms. The number of aromatic nitrogens is 2. The van der Waals surface area contributed by atoms with Crippen LogP contribution < -0.4 is 5.32 Å². The molecule has 2 heterocycles. The molecule has 0 bridgehead atoms. The third-order valence-corrected chi connectivity index (χ3v) is 4.11. The van der Waals surface area contributed by atoms with Crippen LogP contribution in [0.4, 0.5) is 0 Å². The highest BCUT2D eigenvalue weighted by molar-refractivity contribution is 7.10. The van der Waals surface area contributed by atoms with E-state index in [4.69, 9.17) is 0 Å². The van der Waals surface area contributed by atoms with Crippen molar-refractivity contribution in [3.8, 4) is 0 Å². The highest BCUT2D eigenvalue weighted by atomic mass is 32.1. The summed E-state index contributed by atoms with van der Waals surface area (Å²) in [4.78, 5) is 1.38. The molecule has 1 N–H and O–H groups in total. The highest BCUT2D eigenvalue weighted by Gasteiger charge is 2.12. The van der Waals surface area contributed by atoms with Crippen LogP contribution in [0, 0.1) is 0 Å². The zero-order valence-corrected chi connectivity index (χ0v) is 12.3. The molecule has 0 amide bonds. The van der Waals surface area contributed by atoms with Crippen LogP contribution in [0.1, 0.15) is 48.9 Å². The third kappa shape index (κ3) is 3.00. The van der Waals surface area contributed by atoms with Crippen LogP contribution in [0.25, 0.3) is 0 Å². The van der Waals surface area contributed by atoms with Crippen molar-refractivity contribution >= 4 is 11.3 Å². The topological polar surface area (TPSA) is 29.9 Å². The van der Waals surface area contributed by atoms with E-state index in [1.54, 1.807) is 11.3 Å². The molecule has 0 aromatic carbocycles. The number of aryl methyl sites for hydroxylation is 1. The fourth-order valence-electron chi connectivity index (χ4n) is 2.08. The smallest absolute Gasteiger partial charge is 0.0694 e. The Morgan fingerprint density at radius 3 is 2.78 bits per heavy atom. The van der Waals surface area contributed by atoms with E-state index in [2.05, 4.69) is 54.9 Å². The third-order valence-electron chi connectivity index (χ3n) is 3.05. The van der Waals surface area contributed by atoms with Gasteiger partial charge in [0, 0.05) is 36.3 Å². The van der Waals surface area contributed by atoms with Gasteiger partial charge in [0.15, 0.2) is 0 Å². The molecule has 3 nitrogen and oxygen atoms in total. The summed E-state index contributed by atoms with van der Waals surface area (Å²) in [6.07, 6.45) is 2.11. The number of hydrogen-bond acceptors (Lipinski definition) is 3. The van der Waals surface area contributed by atoms with Gasteiger partial charge in [-0.2, -0.15) is 5.10 Å². The first-order valence-electron chi connectivity index (χ1n) is 6.37. The maximum absolute atomic E-state index is 4.53. The van der Waals surface area contributed by atoms with Gasteiger partial charge in [-0.1, -0.05) is 19.9 Å². The highest BCUT2D eigenvalue weighted by Crippen LogP contribution is 2.21. The first-order valence-corrected chi connectivity index (χ1v) is 7.25. The first-order chi connectivity index (χ1) is 8.58. The molecular weight excluding hydrogens is 242 g/mol. The van der Waals surface area contributed by atoms with E-state index in [0.29, 0.717) is 12.0 Å². The Balaban J connectivity index is 2.02. The second-order valence-corrected chi connectivity index (χ2v) is 5.97. The monoisotopic (exact) mass is 263 g/mol. The van der Waals surface area contributed by atoms with E-state index in [-0.39, 0.29) is 0 Å². The van der Waals surface area contributed by atoms with Crippen LogP contribution in [0.2, 0.25) is 0 Å². The normalized spacial score (nSPS) is 13.2. The number of nitrogens with one attached hydrogen (secondary N) is 1. The SMILES string of the molecule is CC(C)c1nn(C)cc1CN[C@@H](C)c1cccs1. The second-order valence-electron chi connectivity index (χ2n) is 4.99. The van der Waals surface area contributed by atoms with Gasteiger partial charge in [0.25, 0.3) is 0 Å². The van der Waals surface area contributed by atoms with Crippen molar-refractivity contribution in [1.82, 2.24) is 15.1 Å². The van der Waals surface area contributed by atoms with E-state index in [0.717, 1.165) is 6.54 Å². The van der Waals surface area contributed by atoms with Crippen LogP contribution >= 0.6 is 11.3 Å². The summed E-state index contributed by atoms with van der Waals surface area (Å²) in [5, 5.41) is 10.2. The number of hydrogen-bond donors (Lipinski definition) is 1. The predicted octanol–water partition coefficient (Wildman–Crippen LogP) is 3.46.